The molecule has 1 atom stereocenters. The van der Waals surface area contributed by atoms with Crippen LogP contribution in [0.2, 0.25) is 0 Å². The van der Waals surface area contributed by atoms with E-state index in [4.69, 9.17) is 4.74 Å². The molecule has 0 saturated heterocycles. The van der Waals surface area contributed by atoms with Gasteiger partial charge in [0, 0.05) is 31.9 Å². The summed E-state index contributed by atoms with van der Waals surface area (Å²) in [7, 11) is 3.99. The lowest BCUT2D eigenvalue weighted by atomic mass is 9.90. The van der Waals surface area contributed by atoms with Crippen LogP contribution >= 0.6 is 0 Å². The lowest BCUT2D eigenvalue weighted by Gasteiger charge is -2.25. The maximum atomic E-state index is 12.3. The number of fused-ring (bicyclic) bond motifs is 1. The Morgan fingerprint density at radius 3 is 2.65 bits per heavy atom. The summed E-state index contributed by atoms with van der Waals surface area (Å²) < 4.78 is 5.65. The monoisotopic (exact) mass is 310 g/mol. The van der Waals surface area contributed by atoms with Gasteiger partial charge in [-0.15, -0.1) is 0 Å². The number of anilines is 2. The van der Waals surface area contributed by atoms with Crippen LogP contribution < -0.4 is 15.0 Å². The van der Waals surface area contributed by atoms with Crippen LogP contribution in [-0.2, 0) is 4.79 Å². The van der Waals surface area contributed by atoms with E-state index in [-0.39, 0.29) is 11.8 Å². The number of hydrogen-bond donors (Lipinski definition) is 1. The lowest BCUT2D eigenvalue weighted by Crippen LogP contribution is -2.20. The number of carbonyl (C=O) groups excluding carboxylic acids is 1. The van der Waals surface area contributed by atoms with Crippen molar-refractivity contribution in [3.05, 3.63) is 54.1 Å². The smallest absolute Gasteiger partial charge is 0.224 e. The van der Waals surface area contributed by atoms with Crippen molar-refractivity contribution in [3.8, 4) is 5.75 Å². The molecule has 0 fully saturated rings. The quantitative estimate of drug-likeness (QED) is 0.937. The first kappa shape index (κ1) is 15.4. The molecule has 0 radical (unpaired) electrons. The molecule has 1 heterocycles. The predicted octanol–water partition coefficient (Wildman–Crippen LogP) is 3.65. The number of benzene rings is 2. The van der Waals surface area contributed by atoms with Gasteiger partial charge in [-0.2, -0.15) is 0 Å². The van der Waals surface area contributed by atoms with Crippen LogP contribution in [-0.4, -0.2) is 26.6 Å². The molecule has 3 rings (SSSR count). The Morgan fingerprint density at radius 2 is 1.91 bits per heavy atom. The zero-order chi connectivity index (χ0) is 16.2. The Balaban J connectivity index is 1.64. The van der Waals surface area contributed by atoms with Gasteiger partial charge >= 0.3 is 0 Å². The maximum absolute atomic E-state index is 12.3. The van der Waals surface area contributed by atoms with E-state index >= 15 is 0 Å². The first-order chi connectivity index (χ1) is 11.1. The molecule has 1 N–H and O–H groups in total. The maximum Gasteiger partial charge on any atom is 0.224 e. The summed E-state index contributed by atoms with van der Waals surface area (Å²) in [5, 5.41) is 2.99. The third kappa shape index (κ3) is 3.65. The first-order valence-electron chi connectivity index (χ1n) is 7.92. The lowest BCUT2D eigenvalue weighted by molar-refractivity contribution is -0.116. The fraction of sp³-hybridized carbons (Fsp3) is 0.316. The molecule has 0 saturated carbocycles. The molecule has 0 bridgehead atoms. The predicted molar refractivity (Wildman–Crippen MR) is 93.3 cm³/mol. The number of carbonyl (C=O) groups is 1. The molecule has 1 aliphatic rings. The van der Waals surface area contributed by atoms with E-state index in [1.54, 1.807) is 0 Å². The molecule has 120 valence electrons. The van der Waals surface area contributed by atoms with Crippen LogP contribution in [0.3, 0.4) is 0 Å². The topological polar surface area (TPSA) is 41.6 Å². The third-order valence-corrected chi connectivity index (χ3v) is 4.18. The number of hydrogen-bond acceptors (Lipinski definition) is 3. The van der Waals surface area contributed by atoms with Crippen LogP contribution in [0, 0.1) is 0 Å². The third-order valence-electron chi connectivity index (χ3n) is 4.18. The summed E-state index contributed by atoms with van der Waals surface area (Å²) >= 11 is 0. The summed E-state index contributed by atoms with van der Waals surface area (Å²) in [5.41, 5.74) is 3.08. The van der Waals surface area contributed by atoms with E-state index in [9.17, 15) is 4.79 Å². The van der Waals surface area contributed by atoms with Crippen LogP contribution in [0.15, 0.2) is 48.5 Å². The molecule has 2 aromatic carbocycles. The average molecular weight is 310 g/mol. The first-order valence-corrected chi connectivity index (χ1v) is 7.92. The fourth-order valence-corrected chi connectivity index (χ4v) is 2.91. The minimum absolute atomic E-state index is 0.0457. The summed E-state index contributed by atoms with van der Waals surface area (Å²) in [5.74, 6) is 1.18. The highest BCUT2D eigenvalue weighted by Crippen LogP contribution is 2.35. The minimum atomic E-state index is 0.0457. The molecule has 4 heteroatoms. The van der Waals surface area contributed by atoms with Gasteiger partial charge in [0.15, 0.2) is 0 Å². The van der Waals surface area contributed by atoms with Gasteiger partial charge < -0.3 is 15.0 Å². The molecule has 4 nitrogen and oxygen atoms in total. The van der Waals surface area contributed by atoms with Gasteiger partial charge in [0.1, 0.15) is 5.75 Å². The molecule has 1 unspecified atom stereocenters. The van der Waals surface area contributed by atoms with Crippen molar-refractivity contribution in [1.29, 1.82) is 0 Å². The van der Waals surface area contributed by atoms with Gasteiger partial charge in [-0.25, -0.2) is 0 Å². The van der Waals surface area contributed by atoms with Gasteiger partial charge in [-0.1, -0.05) is 18.2 Å². The van der Waals surface area contributed by atoms with Crippen molar-refractivity contribution >= 4 is 17.3 Å². The molecule has 0 spiro atoms. The Morgan fingerprint density at radius 1 is 1.17 bits per heavy atom. The van der Waals surface area contributed by atoms with E-state index in [1.165, 1.54) is 0 Å². The molecule has 23 heavy (non-hydrogen) atoms. The average Bonchev–Trinajstić information content (AvgIpc) is 2.55. The molecule has 0 aromatic heterocycles. The minimum Gasteiger partial charge on any atom is -0.493 e. The van der Waals surface area contributed by atoms with Gasteiger partial charge in [0.2, 0.25) is 5.91 Å². The van der Waals surface area contributed by atoms with Crippen LogP contribution in [0.4, 0.5) is 11.4 Å². The van der Waals surface area contributed by atoms with E-state index in [2.05, 4.69) is 11.4 Å². The fourth-order valence-electron chi connectivity index (χ4n) is 2.91. The van der Waals surface area contributed by atoms with Gasteiger partial charge in [-0.3, -0.25) is 4.79 Å². The number of para-hydroxylation sites is 1. The van der Waals surface area contributed by atoms with E-state index < -0.39 is 0 Å². The van der Waals surface area contributed by atoms with Crippen LogP contribution in [0.5, 0.6) is 5.75 Å². The number of amides is 1. The van der Waals surface area contributed by atoms with Crippen molar-refractivity contribution in [2.24, 2.45) is 0 Å². The van der Waals surface area contributed by atoms with Crippen molar-refractivity contribution in [1.82, 2.24) is 0 Å². The summed E-state index contributed by atoms with van der Waals surface area (Å²) in [6, 6.07) is 15.9. The summed E-state index contributed by atoms with van der Waals surface area (Å²) in [6.45, 7) is 0.673. The van der Waals surface area contributed by atoms with Crippen molar-refractivity contribution in [2.75, 3.05) is 30.9 Å². The van der Waals surface area contributed by atoms with Gasteiger partial charge in [0.25, 0.3) is 0 Å². The van der Waals surface area contributed by atoms with E-state index in [0.29, 0.717) is 13.0 Å². The SMILES string of the molecule is CN(C)c1ccc(NC(=O)CC2CCOc3ccccc32)cc1. The summed E-state index contributed by atoms with van der Waals surface area (Å²) in [6.07, 6.45) is 1.36. The molecule has 2 aromatic rings. The zero-order valence-corrected chi connectivity index (χ0v) is 13.6. The highest BCUT2D eigenvalue weighted by Gasteiger charge is 2.23. The Labute approximate surface area is 137 Å². The number of ether oxygens (including phenoxy) is 1. The molecule has 0 aliphatic carbocycles. The largest absolute Gasteiger partial charge is 0.493 e. The Kier molecular flexibility index (Phi) is 4.51. The van der Waals surface area contributed by atoms with E-state index in [1.807, 2.05) is 61.5 Å². The molecule has 1 amide bonds. The second kappa shape index (κ2) is 6.73. The standard InChI is InChI=1S/C19H22N2O2/c1-21(2)16-9-7-15(8-10-16)20-19(22)13-14-11-12-23-18-6-4-3-5-17(14)18/h3-10,14H,11-13H2,1-2H3,(H,20,22). The van der Waals surface area contributed by atoms with E-state index in [0.717, 1.165) is 29.1 Å². The highest BCUT2D eigenvalue weighted by molar-refractivity contribution is 5.91. The molecular formula is C19H22N2O2. The Hall–Kier alpha value is -2.49. The normalized spacial score (nSPS) is 16.2. The van der Waals surface area contributed by atoms with Crippen LogP contribution in [0.25, 0.3) is 0 Å². The molecule has 1 aliphatic heterocycles. The van der Waals surface area contributed by atoms with Crippen molar-refractivity contribution in [2.45, 2.75) is 18.8 Å². The zero-order valence-electron chi connectivity index (χ0n) is 13.6. The number of rotatable bonds is 4. The van der Waals surface area contributed by atoms with Gasteiger partial charge in [-0.05, 0) is 48.2 Å². The molecular weight excluding hydrogens is 288 g/mol. The van der Waals surface area contributed by atoms with Crippen molar-refractivity contribution in [3.63, 3.8) is 0 Å². The highest BCUT2D eigenvalue weighted by atomic mass is 16.5. The van der Waals surface area contributed by atoms with Crippen molar-refractivity contribution < 1.29 is 9.53 Å². The Bertz CT molecular complexity index is 680. The van der Waals surface area contributed by atoms with Crippen LogP contribution in [0.1, 0.15) is 24.3 Å². The summed E-state index contributed by atoms with van der Waals surface area (Å²) in [4.78, 5) is 14.4. The number of nitrogens with zero attached hydrogens (tertiary/aromatic N) is 1. The second-order valence-corrected chi connectivity index (χ2v) is 6.07. The number of nitrogens with one attached hydrogen (secondary N) is 1. The van der Waals surface area contributed by atoms with Gasteiger partial charge in [0.05, 0.1) is 6.61 Å². The second-order valence-electron chi connectivity index (χ2n) is 6.07.